The molecule has 8 heteroatoms. The van der Waals surface area contributed by atoms with Crippen molar-refractivity contribution in [3.8, 4) is 5.75 Å². The fourth-order valence-corrected chi connectivity index (χ4v) is 1.79. The number of nitrogens with zero attached hydrogens (tertiary/aromatic N) is 1. The summed E-state index contributed by atoms with van der Waals surface area (Å²) >= 11 is 3.04. The lowest BCUT2D eigenvalue weighted by atomic mass is 10.0. The Kier molecular flexibility index (Phi) is 6.40. The quantitative estimate of drug-likeness (QED) is 0.576. The van der Waals surface area contributed by atoms with Gasteiger partial charge in [0, 0.05) is 23.7 Å². The molecule has 0 aliphatic rings. The molecule has 0 aliphatic carbocycles. The molecule has 1 aromatic carbocycles. The number of phenolic OH excluding ortho intramolecular Hbond substituents is 1. The van der Waals surface area contributed by atoms with Crippen molar-refractivity contribution < 1.29 is 10.0 Å². The molecule has 1 aromatic rings. The van der Waals surface area contributed by atoms with Gasteiger partial charge in [-0.1, -0.05) is 0 Å². The van der Waals surface area contributed by atoms with E-state index in [4.69, 9.17) is 11.5 Å². The van der Waals surface area contributed by atoms with Crippen molar-refractivity contribution in [3.63, 3.8) is 0 Å². The van der Waals surface area contributed by atoms with Gasteiger partial charge in [0.05, 0.1) is 9.40 Å². The van der Waals surface area contributed by atoms with Crippen LogP contribution in [0.25, 0.3) is 0 Å². The summed E-state index contributed by atoms with van der Waals surface area (Å²) in [6, 6.07) is 1.98. The molecule has 0 unspecified atom stereocenters. The molecule has 0 saturated carbocycles. The molecule has 0 spiro atoms. The van der Waals surface area contributed by atoms with Crippen molar-refractivity contribution in [1.82, 2.24) is 0 Å². The van der Waals surface area contributed by atoms with E-state index in [0.29, 0.717) is 18.5 Å². The molecule has 1 atom stereocenters. The third-order valence-corrected chi connectivity index (χ3v) is 2.77. The van der Waals surface area contributed by atoms with Gasteiger partial charge in [0.1, 0.15) is 5.75 Å². The minimum absolute atomic E-state index is 0. The van der Waals surface area contributed by atoms with Crippen LogP contribution in [0.15, 0.2) is 16.6 Å². The second-order valence-corrected chi connectivity index (χ2v) is 4.16. The number of halogens is 2. The number of aromatic hydroxyl groups is 1. The van der Waals surface area contributed by atoms with E-state index in [2.05, 4.69) is 15.9 Å². The Morgan fingerprint density at radius 3 is 2.59 bits per heavy atom. The standard InChI is InChI=1S/C9H12BrN3O3.ClH/c10-7-4-5(13(15)16)3-6(9(7)14)8(12)1-2-11;/h3-4,8,14H,1-2,11-12H2;1H/t8-;/m0./s1. The van der Waals surface area contributed by atoms with Crippen LogP contribution in [-0.4, -0.2) is 16.6 Å². The van der Waals surface area contributed by atoms with Gasteiger partial charge in [-0.2, -0.15) is 0 Å². The lowest BCUT2D eigenvalue weighted by molar-refractivity contribution is -0.385. The molecule has 1 rings (SSSR count). The summed E-state index contributed by atoms with van der Waals surface area (Å²) < 4.78 is 0.254. The topological polar surface area (TPSA) is 115 Å². The number of non-ortho nitro benzene ring substituents is 1. The monoisotopic (exact) mass is 325 g/mol. The molecule has 0 radical (unpaired) electrons. The second kappa shape index (κ2) is 6.75. The zero-order valence-electron chi connectivity index (χ0n) is 8.80. The summed E-state index contributed by atoms with van der Waals surface area (Å²) in [5.41, 5.74) is 11.3. The highest BCUT2D eigenvalue weighted by atomic mass is 79.9. The normalized spacial score (nSPS) is 11.7. The van der Waals surface area contributed by atoms with E-state index < -0.39 is 11.0 Å². The van der Waals surface area contributed by atoms with Crippen LogP contribution in [0.2, 0.25) is 0 Å². The van der Waals surface area contributed by atoms with Gasteiger partial charge in [-0.3, -0.25) is 10.1 Å². The SMILES string of the molecule is Cl.NCC[C@H](N)c1cc([N+](=O)[O-])cc(Br)c1O. The van der Waals surface area contributed by atoms with E-state index in [1.807, 2.05) is 0 Å². The zero-order valence-corrected chi connectivity index (χ0v) is 11.2. The minimum atomic E-state index is -0.539. The summed E-state index contributed by atoms with van der Waals surface area (Å²) in [6.45, 7) is 0.348. The molecule has 0 aliphatic heterocycles. The summed E-state index contributed by atoms with van der Waals surface area (Å²) in [5, 5.41) is 20.3. The number of nitrogens with two attached hydrogens (primary N) is 2. The Morgan fingerprint density at radius 2 is 2.12 bits per heavy atom. The number of hydrogen-bond acceptors (Lipinski definition) is 5. The number of phenols is 1. The van der Waals surface area contributed by atoms with Crippen molar-refractivity contribution in [3.05, 3.63) is 32.3 Å². The van der Waals surface area contributed by atoms with E-state index in [1.165, 1.54) is 12.1 Å². The second-order valence-electron chi connectivity index (χ2n) is 3.31. The van der Waals surface area contributed by atoms with Gasteiger partial charge >= 0.3 is 0 Å². The third-order valence-electron chi connectivity index (χ3n) is 2.17. The van der Waals surface area contributed by atoms with Gasteiger partial charge in [-0.25, -0.2) is 0 Å². The first-order chi connectivity index (χ1) is 7.47. The maximum atomic E-state index is 10.6. The fraction of sp³-hybridized carbons (Fsp3) is 0.333. The molecular formula is C9H13BrClN3O3. The average Bonchev–Trinajstić information content (AvgIpc) is 2.21. The van der Waals surface area contributed by atoms with Crippen molar-refractivity contribution in [1.29, 1.82) is 0 Å². The Hall–Kier alpha value is -0.890. The van der Waals surface area contributed by atoms with E-state index >= 15 is 0 Å². The smallest absolute Gasteiger partial charge is 0.271 e. The van der Waals surface area contributed by atoms with E-state index in [-0.39, 0.29) is 28.3 Å². The molecule has 5 N–H and O–H groups in total. The molecular weight excluding hydrogens is 313 g/mol. The zero-order chi connectivity index (χ0) is 12.3. The number of rotatable bonds is 4. The van der Waals surface area contributed by atoms with Gasteiger partial charge < -0.3 is 16.6 Å². The van der Waals surface area contributed by atoms with Gasteiger partial charge in [-0.05, 0) is 28.9 Å². The lowest BCUT2D eigenvalue weighted by Crippen LogP contribution is -2.15. The predicted molar refractivity (Wildman–Crippen MR) is 70.3 cm³/mol. The van der Waals surface area contributed by atoms with Crippen LogP contribution >= 0.6 is 28.3 Å². The molecule has 0 saturated heterocycles. The molecule has 0 amide bonds. The van der Waals surface area contributed by atoms with E-state index in [1.54, 1.807) is 0 Å². The van der Waals surface area contributed by atoms with Crippen molar-refractivity contribution in [2.24, 2.45) is 11.5 Å². The Balaban J connectivity index is 0.00000256. The first kappa shape index (κ1) is 16.1. The van der Waals surface area contributed by atoms with Gasteiger partial charge in [0.15, 0.2) is 0 Å². The molecule has 6 nitrogen and oxygen atoms in total. The first-order valence-corrected chi connectivity index (χ1v) is 5.39. The number of nitro groups is 1. The van der Waals surface area contributed by atoms with Gasteiger partial charge in [0.2, 0.25) is 0 Å². The predicted octanol–water partition coefficient (Wildman–Crippen LogP) is 1.83. The molecule has 0 heterocycles. The number of nitro benzene ring substituents is 1. The lowest BCUT2D eigenvalue weighted by Gasteiger charge is -2.13. The summed E-state index contributed by atoms with van der Waals surface area (Å²) in [4.78, 5) is 10.1. The Morgan fingerprint density at radius 1 is 1.53 bits per heavy atom. The van der Waals surface area contributed by atoms with Crippen LogP contribution in [0.1, 0.15) is 18.0 Å². The third kappa shape index (κ3) is 3.81. The Bertz CT molecular complexity index is 417. The van der Waals surface area contributed by atoms with Crippen molar-refractivity contribution in [2.45, 2.75) is 12.5 Å². The van der Waals surface area contributed by atoms with Gasteiger partial charge in [-0.15, -0.1) is 12.4 Å². The van der Waals surface area contributed by atoms with Crippen LogP contribution < -0.4 is 11.5 Å². The molecule has 0 aromatic heterocycles. The van der Waals surface area contributed by atoms with Crippen LogP contribution in [-0.2, 0) is 0 Å². The molecule has 0 bridgehead atoms. The highest BCUT2D eigenvalue weighted by Crippen LogP contribution is 2.35. The average molecular weight is 327 g/mol. The van der Waals surface area contributed by atoms with Crippen LogP contribution in [0, 0.1) is 10.1 Å². The summed E-state index contributed by atoms with van der Waals surface area (Å²) in [5.74, 6) is -0.0773. The maximum Gasteiger partial charge on any atom is 0.271 e. The van der Waals surface area contributed by atoms with E-state index in [9.17, 15) is 15.2 Å². The summed E-state index contributed by atoms with van der Waals surface area (Å²) in [7, 11) is 0. The van der Waals surface area contributed by atoms with Crippen LogP contribution in [0.4, 0.5) is 5.69 Å². The maximum absolute atomic E-state index is 10.6. The van der Waals surface area contributed by atoms with E-state index in [0.717, 1.165) is 0 Å². The highest BCUT2D eigenvalue weighted by molar-refractivity contribution is 9.10. The molecule has 17 heavy (non-hydrogen) atoms. The largest absolute Gasteiger partial charge is 0.506 e. The highest BCUT2D eigenvalue weighted by Gasteiger charge is 2.18. The fourth-order valence-electron chi connectivity index (χ4n) is 1.33. The van der Waals surface area contributed by atoms with Gasteiger partial charge in [0.25, 0.3) is 5.69 Å². The minimum Gasteiger partial charge on any atom is -0.506 e. The summed E-state index contributed by atoms with van der Waals surface area (Å²) in [6.07, 6.45) is 0.446. The molecule has 0 fully saturated rings. The number of benzene rings is 1. The van der Waals surface area contributed by atoms with Crippen LogP contribution in [0.3, 0.4) is 0 Å². The Labute approximate surface area is 113 Å². The molecule has 96 valence electrons. The van der Waals surface area contributed by atoms with Crippen LogP contribution in [0.5, 0.6) is 5.75 Å². The van der Waals surface area contributed by atoms with Crippen molar-refractivity contribution in [2.75, 3.05) is 6.54 Å². The first-order valence-electron chi connectivity index (χ1n) is 4.59. The number of hydrogen-bond donors (Lipinski definition) is 3. The van der Waals surface area contributed by atoms with Crippen molar-refractivity contribution >= 4 is 34.0 Å².